The van der Waals surface area contributed by atoms with Crippen molar-refractivity contribution >= 4 is 17.0 Å². The number of fused-ring (bicyclic) bond motifs is 1. The van der Waals surface area contributed by atoms with Crippen molar-refractivity contribution in [2.24, 2.45) is 0 Å². The third kappa shape index (κ3) is 3.00. The van der Waals surface area contributed by atoms with E-state index in [0.29, 0.717) is 11.1 Å². The molecule has 0 saturated carbocycles. The number of aromatic nitrogens is 1. The summed E-state index contributed by atoms with van der Waals surface area (Å²) in [4.78, 5) is 25.3. The van der Waals surface area contributed by atoms with Gasteiger partial charge in [-0.15, -0.1) is 0 Å². The number of carbonyl (C=O) groups excluding carboxylic acids is 1. The lowest BCUT2D eigenvalue weighted by Gasteiger charge is -2.20. The molecule has 0 spiro atoms. The van der Waals surface area contributed by atoms with Gasteiger partial charge in [0.2, 0.25) is 5.91 Å². The Morgan fingerprint density at radius 3 is 2.78 bits per heavy atom. The van der Waals surface area contributed by atoms with E-state index in [-0.39, 0.29) is 17.9 Å². The van der Waals surface area contributed by atoms with E-state index in [2.05, 4.69) is 10.3 Å². The summed E-state index contributed by atoms with van der Waals surface area (Å²) in [7, 11) is 0. The third-order valence-electron chi connectivity index (χ3n) is 2.36. The van der Waals surface area contributed by atoms with E-state index in [1.807, 2.05) is 20.8 Å². The van der Waals surface area contributed by atoms with Gasteiger partial charge in [0, 0.05) is 5.54 Å². The van der Waals surface area contributed by atoms with Crippen LogP contribution in [0.3, 0.4) is 0 Å². The first-order valence-corrected chi connectivity index (χ1v) is 5.76. The van der Waals surface area contributed by atoms with Crippen LogP contribution in [0.2, 0.25) is 0 Å². The fourth-order valence-electron chi connectivity index (χ4n) is 1.76. The van der Waals surface area contributed by atoms with Crippen LogP contribution in [0.4, 0.5) is 0 Å². The quantitative estimate of drug-likeness (QED) is 0.847. The Bertz CT molecular complexity index is 631. The van der Waals surface area contributed by atoms with Gasteiger partial charge in [0.25, 0.3) is 0 Å². The van der Waals surface area contributed by atoms with Gasteiger partial charge >= 0.3 is 5.76 Å². The first-order valence-electron chi connectivity index (χ1n) is 5.76. The molecule has 0 atom stereocenters. The number of nitrogens with one attached hydrogen (secondary N) is 2. The molecule has 0 aliphatic carbocycles. The van der Waals surface area contributed by atoms with E-state index in [4.69, 9.17) is 4.42 Å². The second-order valence-corrected chi connectivity index (χ2v) is 5.32. The highest BCUT2D eigenvalue weighted by molar-refractivity contribution is 5.81. The molecule has 96 valence electrons. The Morgan fingerprint density at radius 2 is 2.11 bits per heavy atom. The molecule has 5 heteroatoms. The topological polar surface area (TPSA) is 75.1 Å². The summed E-state index contributed by atoms with van der Waals surface area (Å²) < 4.78 is 4.90. The highest BCUT2D eigenvalue weighted by Crippen LogP contribution is 2.13. The maximum atomic E-state index is 11.8. The second-order valence-electron chi connectivity index (χ2n) is 5.32. The van der Waals surface area contributed by atoms with Crippen LogP contribution in [-0.2, 0) is 11.2 Å². The van der Waals surface area contributed by atoms with Crippen molar-refractivity contribution in [3.63, 3.8) is 0 Å². The summed E-state index contributed by atoms with van der Waals surface area (Å²) in [5, 5.41) is 2.89. The maximum Gasteiger partial charge on any atom is 0.417 e. The summed E-state index contributed by atoms with van der Waals surface area (Å²) in [6.07, 6.45) is 0.278. The number of hydrogen-bond donors (Lipinski definition) is 2. The van der Waals surface area contributed by atoms with Crippen molar-refractivity contribution in [1.29, 1.82) is 0 Å². The number of amides is 1. The van der Waals surface area contributed by atoms with E-state index in [1.54, 1.807) is 18.2 Å². The first-order chi connectivity index (χ1) is 8.33. The van der Waals surface area contributed by atoms with Crippen molar-refractivity contribution in [1.82, 2.24) is 10.3 Å². The molecule has 1 amide bonds. The smallest absolute Gasteiger partial charge is 0.408 e. The molecule has 0 bridgehead atoms. The Balaban J connectivity index is 2.17. The van der Waals surface area contributed by atoms with Gasteiger partial charge < -0.3 is 9.73 Å². The number of aromatic amines is 1. The molecular formula is C13H16N2O3. The van der Waals surface area contributed by atoms with Crippen LogP contribution in [0.1, 0.15) is 26.3 Å². The third-order valence-corrected chi connectivity index (χ3v) is 2.36. The Labute approximate surface area is 104 Å². The molecule has 0 radical (unpaired) electrons. The molecular weight excluding hydrogens is 232 g/mol. The number of rotatable bonds is 2. The summed E-state index contributed by atoms with van der Waals surface area (Å²) in [5.74, 6) is -0.533. The minimum Gasteiger partial charge on any atom is -0.408 e. The number of hydrogen-bond acceptors (Lipinski definition) is 3. The Hall–Kier alpha value is -2.04. The van der Waals surface area contributed by atoms with Crippen LogP contribution in [0.15, 0.2) is 27.4 Å². The standard InChI is InChI=1S/C13H16N2O3/c1-13(2,3)15-11(16)7-8-4-5-10-9(6-8)14-12(17)18-10/h4-6H,7H2,1-3H3,(H,14,17)(H,15,16). The van der Waals surface area contributed by atoms with Gasteiger partial charge in [-0.3, -0.25) is 9.78 Å². The van der Waals surface area contributed by atoms with Gasteiger partial charge in [0.1, 0.15) is 0 Å². The number of carbonyl (C=O) groups is 1. The number of benzene rings is 1. The molecule has 5 nitrogen and oxygen atoms in total. The predicted octanol–water partition coefficient (Wildman–Crippen LogP) is 1.58. The lowest BCUT2D eigenvalue weighted by molar-refractivity contribution is -0.121. The lowest BCUT2D eigenvalue weighted by Crippen LogP contribution is -2.41. The molecule has 18 heavy (non-hydrogen) atoms. The van der Waals surface area contributed by atoms with E-state index in [0.717, 1.165) is 5.56 Å². The van der Waals surface area contributed by atoms with Crippen molar-refractivity contribution in [3.05, 3.63) is 34.3 Å². The fourth-order valence-corrected chi connectivity index (χ4v) is 1.76. The molecule has 2 rings (SSSR count). The van der Waals surface area contributed by atoms with Gasteiger partial charge in [0.05, 0.1) is 11.9 Å². The Kier molecular flexibility index (Phi) is 2.98. The van der Waals surface area contributed by atoms with Gasteiger partial charge in [-0.1, -0.05) is 6.07 Å². The molecule has 0 aliphatic heterocycles. The highest BCUT2D eigenvalue weighted by Gasteiger charge is 2.14. The van der Waals surface area contributed by atoms with Crippen LogP contribution >= 0.6 is 0 Å². The normalized spacial score (nSPS) is 11.7. The van der Waals surface area contributed by atoms with Crippen molar-refractivity contribution < 1.29 is 9.21 Å². The Morgan fingerprint density at radius 1 is 1.39 bits per heavy atom. The molecule has 0 fully saturated rings. The van der Waals surface area contributed by atoms with Crippen LogP contribution < -0.4 is 11.1 Å². The number of oxazole rings is 1. The maximum absolute atomic E-state index is 11.8. The zero-order valence-electron chi connectivity index (χ0n) is 10.7. The second kappa shape index (κ2) is 4.33. The highest BCUT2D eigenvalue weighted by atomic mass is 16.4. The van der Waals surface area contributed by atoms with Gasteiger partial charge in [-0.05, 0) is 38.5 Å². The molecule has 0 saturated heterocycles. The van der Waals surface area contributed by atoms with Gasteiger partial charge in [-0.2, -0.15) is 0 Å². The van der Waals surface area contributed by atoms with Crippen molar-refractivity contribution in [3.8, 4) is 0 Å². The molecule has 2 aromatic rings. The molecule has 0 unspecified atom stereocenters. The summed E-state index contributed by atoms with van der Waals surface area (Å²) in [6.45, 7) is 5.80. The number of H-pyrrole nitrogens is 1. The molecule has 1 heterocycles. The fraction of sp³-hybridized carbons (Fsp3) is 0.385. The van der Waals surface area contributed by atoms with Crippen LogP contribution in [0.5, 0.6) is 0 Å². The molecule has 2 N–H and O–H groups in total. The molecule has 0 aliphatic rings. The minimum absolute atomic E-state index is 0.0484. The van der Waals surface area contributed by atoms with E-state index in [9.17, 15) is 9.59 Å². The van der Waals surface area contributed by atoms with Crippen LogP contribution in [0.25, 0.3) is 11.1 Å². The zero-order valence-corrected chi connectivity index (χ0v) is 10.7. The average Bonchev–Trinajstić information content (AvgIpc) is 2.53. The average molecular weight is 248 g/mol. The summed E-state index contributed by atoms with van der Waals surface area (Å²) in [6, 6.07) is 5.22. The van der Waals surface area contributed by atoms with Crippen molar-refractivity contribution in [2.75, 3.05) is 0 Å². The van der Waals surface area contributed by atoms with Gasteiger partial charge in [0.15, 0.2) is 5.58 Å². The lowest BCUT2D eigenvalue weighted by atomic mass is 10.1. The van der Waals surface area contributed by atoms with E-state index < -0.39 is 5.76 Å². The largest absolute Gasteiger partial charge is 0.417 e. The summed E-state index contributed by atoms with van der Waals surface area (Å²) >= 11 is 0. The van der Waals surface area contributed by atoms with Crippen LogP contribution in [-0.4, -0.2) is 16.4 Å². The van der Waals surface area contributed by atoms with Crippen molar-refractivity contribution in [2.45, 2.75) is 32.7 Å². The molecule has 1 aromatic carbocycles. The van der Waals surface area contributed by atoms with E-state index in [1.165, 1.54) is 0 Å². The minimum atomic E-state index is -0.485. The predicted molar refractivity (Wildman–Crippen MR) is 68.4 cm³/mol. The summed E-state index contributed by atoms with van der Waals surface area (Å²) in [5.41, 5.74) is 1.70. The SMILES string of the molecule is CC(C)(C)NC(=O)Cc1ccc2oc(=O)[nH]c2c1. The zero-order chi connectivity index (χ0) is 13.3. The van der Waals surface area contributed by atoms with Gasteiger partial charge in [-0.25, -0.2) is 4.79 Å². The van der Waals surface area contributed by atoms with E-state index >= 15 is 0 Å². The molecule has 1 aromatic heterocycles. The first kappa shape index (κ1) is 12.4. The monoisotopic (exact) mass is 248 g/mol. The van der Waals surface area contributed by atoms with Crippen LogP contribution in [0, 0.1) is 0 Å².